The Balaban J connectivity index is 1.62. The van der Waals surface area contributed by atoms with Gasteiger partial charge in [0.1, 0.15) is 11.6 Å². The van der Waals surface area contributed by atoms with Crippen LogP contribution < -0.4 is 14.8 Å². The molecule has 0 aliphatic carbocycles. The number of nitro benzene ring substituents is 1. The normalized spacial score (nSPS) is 10.4. The second kappa shape index (κ2) is 8.44. The molecule has 144 valence electrons. The first kappa shape index (κ1) is 19.2. The van der Waals surface area contributed by atoms with Crippen LogP contribution in [-0.4, -0.2) is 29.5 Å². The van der Waals surface area contributed by atoms with Gasteiger partial charge in [-0.25, -0.2) is 9.37 Å². The van der Waals surface area contributed by atoms with Crippen LogP contribution in [0.5, 0.6) is 11.5 Å². The van der Waals surface area contributed by atoms with Crippen molar-refractivity contribution in [2.75, 3.05) is 19.0 Å². The maximum atomic E-state index is 13.3. The van der Waals surface area contributed by atoms with Gasteiger partial charge in [0.05, 0.1) is 17.7 Å². The molecule has 3 aromatic rings. The summed E-state index contributed by atoms with van der Waals surface area (Å²) in [5.74, 6) is -0.881. The maximum Gasteiger partial charge on any atom is 0.311 e. The van der Waals surface area contributed by atoms with Gasteiger partial charge in [-0.05, 0) is 30.3 Å². The summed E-state index contributed by atoms with van der Waals surface area (Å²) in [6.07, 6.45) is 0. The van der Waals surface area contributed by atoms with Crippen molar-refractivity contribution < 1.29 is 23.6 Å². The van der Waals surface area contributed by atoms with Crippen molar-refractivity contribution in [3.63, 3.8) is 0 Å². The van der Waals surface area contributed by atoms with E-state index in [1.807, 2.05) is 12.1 Å². The first-order valence-electron chi connectivity index (χ1n) is 7.93. The molecular weight excluding hydrogens is 389 g/mol. The molecule has 10 heteroatoms. The van der Waals surface area contributed by atoms with Gasteiger partial charge in [0, 0.05) is 23.1 Å². The first-order chi connectivity index (χ1) is 13.5. The molecule has 1 heterocycles. The molecule has 0 aliphatic rings. The van der Waals surface area contributed by atoms with E-state index in [-0.39, 0.29) is 5.75 Å². The fourth-order valence-electron chi connectivity index (χ4n) is 2.28. The van der Waals surface area contributed by atoms with Crippen molar-refractivity contribution in [2.24, 2.45) is 0 Å². The van der Waals surface area contributed by atoms with E-state index in [0.29, 0.717) is 10.8 Å². The minimum atomic E-state index is -0.714. The molecular formula is C18H14FN3O5S. The summed E-state index contributed by atoms with van der Waals surface area (Å²) in [6.45, 7) is -0.526. The second-order valence-electron chi connectivity index (χ2n) is 5.47. The van der Waals surface area contributed by atoms with E-state index in [1.165, 1.54) is 11.3 Å². The van der Waals surface area contributed by atoms with Crippen LogP contribution in [0, 0.1) is 15.9 Å². The van der Waals surface area contributed by atoms with Crippen LogP contribution in [-0.2, 0) is 4.79 Å². The van der Waals surface area contributed by atoms with Crippen LogP contribution in [0.1, 0.15) is 0 Å². The number of aromatic nitrogens is 1. The van der Waals surface area contributed by atoms with Crippen molar-refractivity contribution in [1.29, 1.82) is 0 Å². The summed E-state index contributed by atoms with van der Waals surface area (Å²) in [7, 11) is 1.58. The highest BCUT2D eigenvalue weighted by Gasteiger charge is 2.17. The number of hydrogen-bond donors (Lipinski definition) is 1. The molecule has 0 aliphatic heterocycles. The number of thiazole rings is 1. The lowest BCUT2D eigenvalue weighted by Crippen LogP contribution is -2.20. The van der Waals surface area contributed by atoms with Crippen molar-refractivity contribution >= 4 is 28.1 Å². The molecule has 0 radical (unpaired) electrons. The Morgan fingerprint density at radius 2 is 2.04 bits per heavy atom. The standard InChI is InChI=1S/C18H14FN3O5S/c1-26-13-5-2-11(3-6-13)14-10-28-18(20-14)21-17(23)9-27-16-8-12(19)4-7-15(16)22(24)25/h2-8,10H,9H2,1H3,(H,20,21,23). The van der Waals surface area contributed by atoms with E-state index in [9.17, 15) is 19.3 Å². The van der Waals surface area contributed by atoms with Gasteiger partial charge >= 0.3 is 5.69 Å². The zero-order valence-corrected chi connectivity index (χ0v) is 15.4. The number of rotatable bonds is 7. The number of nitrogens with zero attached hydrogens (tertiary/aromatic N) is 2. The maximum absolute atomic E-state index is 13.3. The van der Waals surface area contributed by atoms with Crippen molar-refractivity contribution in [2.45, 2.75) is 0 Å². The Morgan fingerprint density at radius 1 is 1.29 bits per heavy atom. The van der Waals surface area contributed by atoms with Crippen LogP contribution in [0.15, 0.2) is 47.8 Å². The molecule has 28 heavy (non-hydrogen) atoms. The quantitative estimate of drug-likeness (QED) is 0.474. The van der Waals surface area contributed by atoms with Gasteiger partial charge in [0.25, 0.3) is 5.91 Å². The molecule has 0 fully saturated rings. The predicted octanol–water partition coefficient (Wildman–Crippen LogP) is 3.88. The summed E-state index contributed by atoms with van der Waals surface area (Å²) in [5.41, 5.74) is 1.10. The van der Waals surface area contributed by atoms with Gasteiger partial charge in [-0.3, -0.25) is 20.2 Å². The highest BCUT2D eigenvalue weighted by Crippen LogP contribution is 2.28. The Morgan fingerprint density at radius 3 is 2.71 bits per heavy atom. The lowest BCUT2D eigenvalue weighted by Gasteiger charge is -2.06. The third kappa shape index (κ3) is 4.60. The molecule has 8 nitrogen and oxygen atoms in total. The minimum Gasteiger partial charge on any atom is -0.497 e. The van der Waals surface area contributed by atoms with Crippen LogP contribution in [0.2, 0.25) is 0 Å². The topological polar surface area (TPSA) is 104 Å². The zero-order valence-electron chi connectivity index (χ0n) is 14.5. The summed E-state index contributed by atoms with van der Waals surface area (Å²) in [4.78, 5) is 26.6. The highest BCUT2D eigenvalue weighted by atomic mass is 32.1. The van der Waals surface area contributed by atoms with Crippen LogP contribution in [0.25, 0.3) is 11.3 Å². The minimum absolute atomic E-state index is 0.321. The largest absolute Gasteiger partial charge is 0.497 e. The lowest BCUT2D eigenvalue weighted by molar-refractivity contribution is -0.385. The lowest BCUT2D eigenvalue weighted by atomic mass is 10.2. The average molecular weight is 403 g/mol. The zero-order chi connectivity index (χ0) is 20.1. The van der Waals surface area contributed by atoms with Crippen molar-refractivity contribution in [3.8, 4) is 22.8 Å². The smallest absolute Gasteiger partial charge is 0.311 e. The number of halogens is 1. The van der Waals surface area contributed by atoms with E-state index < -0.39 is 28.9 Å². The van der Waals surface area contributed by atoms with Gasteiger partial charge in [0.15, 0.2) is 11.7 Å². The monoisotopic (exact) mass is 403 g/mol. The van der Waals surface area contributed by atoms with Crippen molar-refractivity contribution in [3.05, 3.63) is 63.8 Å². The van der Waals surface area contributed by atoms with Crippen molar-refractivity contribution in [1.82, 2.24) is 4.98 Å². The van der Waals surface area contributed by atoms with Crippen LogP contribution in [0.4, 0.5) is 15.2 Å². The Bertz CT molecular complexity index is 1010. The summed E-state index contributed by atoms with van der Waals surface area (Å²) in [6, 6.07) is 10.1. The van der Waals surface area contributed by atoms with E-state index >= 15 is 0 Å². The number of nitro groups is 1. The third-order valence-electron chi connectivity index (χ3n) is 3.61. The molecule has 3 rings (SSSR count). The van der Waals surface area contributed by atoms with Gasteiger partial charge < -0.3 is 9.47 Å². The van der Waals surface area contributed by atoms with E-state index in [0.717, 1.165) is 29.5 Å². The molecule has 0 saturated carbocycles. The second-order valence-corrected chi connectivity index (χ2v) is 6.33. The molecule has 0 unspecified atom stereocenters. The van der Waals surface area contributed by atoms with Crippen LogP contribution in [0.3, 0.4) is 0 Å². The summed E-state index contributed by atoms with van der Waals surface area (Å²) >= 11 is 1.22. The molecule has 0 saturated heterocycles. The highest BCUT2D eigenvalue weighted by molar-refractivity contribution is 7.14. The number of amides is 1. The number of nitrogens with one attached hydrogen (secondary N) is 1. The van der Waals surface area contributed by atoms with Gasteiger partial charge in [-0.15, -0.1) is 11.3 Å². The Kier molecular flexibility index (Phi) is 5.80. The van der Waals surface area contributed by atoms with Gasteiger partial charge in [-0.1, -0.05) is 0 Å². The SMILES string of the molecule is COc1ccc(-c2csc(NC(=O)COc3cc(F)ccc3[N+](=O)[O-])n2)cc1. The fraction of sp³-hybridized carbons (Fsp3) is 0.111. The van der Waals surface area contributed by atoms with Crippen LogP contribution >= 0.6 is 11.3 Å². The van der Waals surface area contributed by atoms with E-state index in [1.54, 1.807) is 24.6 Å². The molecule has 0 atom stereocenters. The number of methoxy groups -OCH3 is 1. The van der Waals surface area contributed by atoms with Gasteiger partial charge in [0.2, 0.25) is 5.75 Å². The number of ether oxygens (including phenoxy) is 2. The Labute approximate surface area is 162 Å². The number of hydrogen-bond acceptors (Lipinski definition) is 7. The third-order valence-corrected chi connectivity index (χ3v) is 4.37. The molecule has 1 N–H and O–H groups in total. The summed E-state index contributed by atoms with van der Waals surface area (Å²) < 4.78 is 23.5. The fourth-order valence-corrected chi connectivity index (χ4v) is 3.01. The molecule has 0 bridgehead atoms. The molecule has 1 amide bonds. The average Bonchev–Trinajstić information content (AvgIpc) is 3.14. The van der Waals surface area contributed by atoms with E-state index in [2.05, 4.69) is 10.3 Å². The first-order valence-corrected chi connectivity index (χ1v) is 8.81. The van der Waals surface area contributed by atoms with Gasteiger partial charge in [-0.2, -0.15) is 0 Å². The number of carbonyl (C=O) groups excluding carboxylic acids is 1. The number of carbonyl (C=O) groups is 1. The number of anilines is 1. The molecule has 2 aromatic carbocycles. The Hall–Kier alpha value is -3.53. The molecule has 0 spiro atoms. The van der Waals surface area contributed by atoms with E-state index in [4.69, 9.17) is 9.47 Å². The molecule has 1 aromatic heterocycles. The predicted molar refractivity (Wildman–Crippen MR) is 101 cm³/mol. The summed E-state index contributed by atoms with van der Waals surface area (Å²) in [5, 5.41) is 15.6. The number of benzene rings is 2.